The maximum Gasteiger partial charge on any atom is 0.125 e. The molecule has 0 heterocycles. The van der Waals surface area contributed by atoms with Gasteiger partial charge in [0.05, 0.1) is 0 Å². The van der Waals surface area contributed by atoms with Gasteiger partial charge in [-0.15, -0.1) is 0 Å². The summed E-state index contributed by atoms with van der Waals surface area (Å²) in [4.78, 5) is 0. The van der Waals surface area contributed by atoms with E-state index in [4.69, 9.17) is 0 Å². The van der Waals surface area contributed by atoms with Gasteiger partial charge in [0.2, 0.25) is 0 Å². The van der Waals surface area contributed by atoms with Crippen LogP contribution < -0.4 is 0 Å². The van der Waals surface area contributed by atoms with E-state index >= 15 is 0 Å². The van der Waals surface area contributed by atoms with Gasteiger partial charge in [-0.2, -0.15) is 0 Å². The van der Waals surface area contributed by atoms with Gasteiger partial charge in [0.1, 0.15) is 11.5 Å². The Bertz CT molecular complexity index is 442. The molecule has 2 heteroatoms. The van der Waals surface area contributed by atoms with Gasteiger partial charge in [-0.1, -0.05) is 47.5 Å². The van der Waals surface area contributed by atoms with Crippen molar-refractivity contribution >= 4 is 0 Å². The first-order chi connectivity index (χ1) is 9.32. The molecule has 20 heavy (non-hydrogen) atoms. The van der Waals surface area contributed by atoms with E-state index < -0.39 is 0 Å². The average Bonchev–Trinajstić information content (AvgIpc) is 2.36. The van der Waals surface area contributed by atoms with E-state index in [0.29, 0.717) is 5.75 Å². The molecule has 0 amide bonds. The van der Waals surface area contributed by atoms with E-state index in [0.717, 1.165) is 55.2 Å². The molecule has 0 aliphatic rings. The number of rotatable bonds is 6. The number of benzene rings is 1. The molecule has 2 nitrogen and oxygen atoms in total. The standard InChI is InChI=1S/C18H30O2/c1-6-8-10-13-15(18(3,4)5)12-16(19)14(17(13)20)11-9-7-2/h12,19-20H,6-11H2,1-5H3. The van der Waals surface area contributed by atoms with Crippen LogP contribution in [0, 0.1) is 0 Å². The first-order valence-corrected chi connectivity index (χ1v) is 7.90. The SMILES string of the molecule is CCCCc1c(O)cc(C(C)(C)C)c(CCCC)c1O. The lowest BCUT2D eigenvalue weighted by molar-refractivity contribution is 0.424. The van der Waals surface area contributed by atoms with Crippen LogP contribution in [0.5, 0.6) is 11.5 Å². The minimum Gasteiger partial charge on any atom is -0.508 e. The second kappa shape index (κ2) is 7.01. The van der Waals surface area contributed by atoms with Gasteiger partial charge in [-0.3, -0.25) is 0 Å². The summed E-state index contributed by atoms with van der Waals surface area (Å²) >= 11 is 0. The summed E-state index contributed by atoms with van der Waals surface area (Å²) in [5, 5.41) is 20.9. The predicted octanol–water partition coefficient (Wildman–Crippen LogP) is 5.08. The molecule has 1 aromatic rings. The largest absolute Gasteiger partial charge is 0.508 e. The fourth-order valence-electron chi connectivity index (χ4n) is 2.62. The van der Waals surface area contributed by atoms with E-state index in [1.54, 1.807) is 0 Å². The van der Waals surface area contributed by atoms with Crippen molar-refractivity contribution in [3.8, 4) is 11.5 Å². The minimum atomic E-state index is -0.0681. The van der Waals surface area contributed by atoms with Crippen LogP contribution in [0.3, 0.4) is 0 Å². The molecule has 0 bridgehead atoms. The molecule has 1 aromatic carbocycles. The predicted molar refractivity (Wildman–Crippen MR) is 85.7 cm³/mol. The summed E-state index contributed by atoms with van der Waals surface area (Å²) in [5.74, 6) is 0.581. The van der Waals surface area contributed by atoms with E-state index in [9.17, 15) is 10.2 Å². The number of phenols is 2. The van der Waals surface area contributed by atoms with Crippen molar-refractivity contribution in [2.24, 2.45) is 0 Å². The highest BCUT2D eigenvalue weighted by atomic mass is 16.3. The Balaban J connectivity index is 3.32. The molecule has 0 fully saturated rings. The third-order valence-corrected chi connectivity index (χ3v) is 3.86. The van der Waals surface area contributed by atoms with Crippen molar-refractivity contribution < 1.29 is 10.2 Å². The molecule has 0 radical (unpaired) electrons. The van der Waals surface area contributed by atoms with E-state index in [1.165, 1.54) is 0 Å². The molecule has 0 saturated carbocycles. The molecule has 0 unspecified atom stereocenters. The highest BCUT2D eigenvalue weighted by Crippen LogP contribution is 2.40. The van der Waals surface area contributed by atoms with Crippen molar-refractivity contribution in [1.82, 2.24) is 0 Å². The van der Waals surface area contributed by atoms with Crippen LogP contribution in [0.1, 0.15) is 77.0 Å². The van der Waals surface area contributed by atoms with Crippen molar-refractivity contribution in [3.63, 3.8) is 0 Å². The van der Waals surface area contributed by atoms with Crippen LogP contribution in [-0.2, 0) is 18.3 Å². The molecule has 2 N–H and O–H groups in total. The second-order valence-electron chi connectivity index (χ2n) is 6.71. The normalized spacial score (nSPS) is 11.8. The maximum atomic E-state index is 10.6. The Morgan fingerprint density at radius 3 is 1.85 bits per heavy atom. The van der Waals surface area contributed by atoms with E-state index in [-0.39, 0.29) is 11.2 Å². The topological polar surface area (TPSA) is 40.5 Å². The summed E-state index contributed by atoms with van der Waals surface area (Å²) in [7, 11) is 0. The van der Waals surface area contributed by atoms with Gasteiger partial charge < -0.3 is 10.2 Å². The molecule has 0 spiro atoms. The molecule has 1 rings (SSSR count). The van der Waals surface area contributed by atoms with Crippen molar-refractivity contribution in [2.45, 2.75) is 78.6 Å². The number of aromatic hydroxyl groups is 2. The molecular weight excluding hydrogens is 248 g/mol. The van der Waals surface area contributed by atoms with Crippen LogP contribution >= 0.6 is 0 Å². The summed E-state index contributed by atoms with van der Waals surface area (Å²) in [5.41, 5.74) is 2.76. The number of phenolic OH excluding ortho intramolecular Hbond substituents is 2. The summed E-state index contributed by atoms with van der Waals surface area (Å²) in [6.45, 7) is 10.7. The first-order valence-electron chi connectivity index (χ1n) is 7.90. The lowest BCUT2D eigenvalue weighted by Gasteiger charge is -2.26. The Hall–Kier alpha value is -1.18. The number of hydrogen-bond acceptors (Lipinski definition) is 2. The minimum absolute atomic E-state index is 0.0681. The first kappa shape index (κ1) is 16.9. The number of unbranched alkanes of at least 4 members (excludes halogenated alkanes) is 2. The van der Waals surface area contributed by atoms with E-state index in [2.05, 4.69) is 34.6 Å². The Morgan fingerprint density at radius 2 is 1.40 bits per heavy atom. The lowest BCUT2D eigenvalue weighted by atomic mass is 9.80. The fourth-order valence-corrected chi connectivity index (χ4v) is 2.62. The molecule has 0 aliphatic carbocycles. The van der Waals surface area contributed by atoms with Gasteiger partial charge in [0.25, 0.3) is 0 Å². The van der Waals surface area contributed by atoms with E-state index in [1.807, 2.05) is 6.07 Å². The van der Waals surface area contributed by atoms with Crippen molar-refractivity contribution in [3.05, 3.63) is 22.8 Å². The zero-order chi connectivity index (χ0) is 15.3. The quantitative estimate of drug-likeness (QED) is 0.761. The van der Waals surface area contributed by atoms with Gasteiger partial charge in [-0.25, -0.2) is 0 Å². The fraction of sp³-hybridized carbons (Fsp3) is 0.667. The van der Waals surface area contributed by atoms with Crippen molar-refractivity contribution in [1.29, 1.82) is 0 Å². The maximum absolute atomic E-state index is 10.6. The van der Waals surface area contributed by atoms with Crippen LogP contribution in [-0.4, -0.2) is 10.2 Å². The third kappa shape index (κ3) is 3.91. The zero-order valence-electron chi connectivity index (χ0n) is 13.7. The molecule has 0 atom stereocenters. The van der Waals surface area contributed by atoms with Crippen LogP contribution in [0.25, 0.3) is 0 Å². The Labute approximate surface area is 123 Å². The Morgan fingerprint density at radius 1 is 0.900 bits per heavy atom. The zero-order valence-corrected chi connectivity index (χ0v) is 13.7. The Kier molecular flexibility index (Phi) is 5.91. The lowest BCUT2D eigenvalue weighted by Crippen LogP contribution is -2.15. The van der Waals surface area contributed by atoms with Gasteiger partial charge >= 0.3 is 0 Å². The summed E-state index contributed by atoms with van der Waals surface area (Å²) < 4.78 is 0. The second-order valence-corrected chi connectivity index (χ2v) is 6.71. The van der Waals surface area contributed by atoms with Crippen LogP contribution in [0.15, 0.2) is 6.07 Å². The molecule has 0 saturated heterocycles. The van der Waals surface area contributed by atoms with Gasteiger partial charge in [0.15, 0.2) is 0 Å². The summed E-state index contributed by atoms with van der Waals surface area (Å²) in [6.07, 6.45) is 5.85. The van der Waals surface area contributed by atoms with Crippen LogP contribution in [0.4, 0.5) is 0 Å². The molecular formula is C18H30O2. The van der Waals surface area contributed by atoms with Crippen molar-refractivity contribution in [2.75, 3.05) is 0 Å². The highest BCUT2D eigenvalue weighted by molar-refractivity contribution is 5.55. The van der Waals surface area contributed by atoms with Gasteiger partial charge in [-0.05, 0) is 48.3 Å². The monoisotopic (exact) mass is 278 g/mol. The highest BCUT2D eigenvalue weighted by Gasteiger charge is 2.24. The molecule has 0 aromatic heterocycles. The molecule has 0 aliphatic heterocycles. The number of hydrogen-bond donors (Lipinski definition) is 2. The van der Waals surface area contributed by atoms with Crippen LogP contribution in [0.2, 0.25) is 0 Å². The smallest absolute Gasteiger partial charge is 0.125 e. The summed E-state index contributed by atoms with van der Waals surface area (Å²) in [6, 6.07) is 1.87. The molecule has 114 valence electrons. The average molecular weight is 278 g/mol. The van der Waals surface area contributed by atoms with Gasteiger partial charge in [0, 0.05) is 5.56 Å². The third-order valence-electron chi connectivity index (χ3n) is 3.86.